The lowest BCUT2D eigenvalue weighted by molar-refractivity contribution is 0.309. The molecule has 20 heavy (non-hydrogen) atoms. The van der Waals surface area contributed by atoms with Crippen molar-refractivity contribution in [1.29, 1.82) is 0 Å². The molecule has 0 amide bonds. The summed E-state index contributed by atoms with van der Waals surface area (Å²) in [5, 5.41) is 3.88. The molecule has 4 nitrogen and oxygen atoms in total. The second-order valence-electron chi connectivity index (χ2n) is 4.09. The molecule has 0 bridgehead atoms. The highest BCUT2D eigenvalue weighted by molar-refractivity contribution is 6.33. The maximum Gasteiger partial charge on any atom is 0.165 e. The van der Waals surface area contributed by atoms with Crippen molar-refractivity contribution in [3.8, 4) is 11.5 Å². The number of halogens is 1. The molecule has 0 unspecified atom stereocenters. The third-order valence-corrected chi connectivity index (χ3v) is 3.13. The van der Waals surface area contributed by atoms with E-state index in [9.17, 15) is 0 Å². The second-order valence-corrected chi connectivity index (χ2v) is 4.50. The maximum absolute atomic E-state index is 6.09. The number of nitrogens with zero attached hydrogens (tertiary/aromatic N) is 1. The van der Waals surface area contributed by atoms with Gasteiger partial charge in [-0.25, -0.2) is 0 Å². The van der Waals surface area contributed by atoms with E-state index in [-0.39, 0.29) is 0 Å². The van der Waals surface area contributed by atoms with Gasteiger partial charge in [0.05, 0.1) is 30.6 Å². The highest BCUT2D eigenvalue weighted by Gasteiger charge is 2.10. The normalized spacial score (nSPS) is 10.2. The number of benzene rings is 1. The van der Waals surface area contributed by atoms with Gasteiger partial charge in [-0.05, 0) is 19.1 Å². The molecule has 0 atom stereocenters. The minimum Gasteiger partial charge on any atom is -0.493 e. The topological polar surface area (TPSA) is 43.4 Å². The first-order chi connectivity index (χ1) is 9.76. The van der Waals surface area contributed by atoms with Crippen molar-refractivity contribution in [3.05, 3.63) is 47.2 Å². The largest absolute Gasteiger partial charge is 0.493 e. The summed E-state index contributed by atoms with van der Waals surface area (Å²) in [5.74, 6) is 1.48. The molecule has 2 rings (SSSR count). The first-order valence-electron chi connectivity index (χ1n) is 6.38. The Labute approximate surface area is 123 Å². The Balaban J connectivity index is 2.17. The molecule has 0 fully saturated rings. The summed E-state index contributed by atoms with van der Waals surface area (Å²) in [6.45, 7) is 3.12. The fourth-order valence-corrected chi connectivity index (χ4v) is 2.07. The van der Waals surface area contributed by atoms with E-state index < -0.39 is 0 Å². The van der Waals surface area contributed by atoms with Gasteiger partial charge in [0.25, 0.3) is 0 Å². The second kappa shape index (κ2) is 7.01. The predicted molar refractivity (Wildman–Crippen MR) is 80.7 cm³/mol. The summed E-state index contributed by atoms with van der Waals surface area (Å²) in [6, 6.07) is 7.56. The number of nitrogens with one attached hydrogen (secondary N) is 1. The quantitative estimate of drug-likeness (QED) is 0.880. The Kier molecular flexibility index (Phi) is 5.07. The summed E-state index contributed by atoms with van der Waals surface area (Å²) in [5.41, 5.74) is 1.79. The van der Waals surface area contributed by atoms with Crippen LogP contribution in [0.4, 0.5) is 5.69 Å². The van der Waals surface area contributed by atoms with Gasteiger partial charge in [-0.3, -0.25) is 4.98 Å². The minimum absolute atomic E-state index is 0.579. The van der Waals surface area contributed by atoms with E-state index in [1.54, 1.807) is 25.6 Å². The third-order valence-electron chi connectivity index (χ3n) is 2.80. The molecule has 0 aliphatic rings. The van der Waals surface area contributed by atoms with Gasteiger partial charge in [-0.15, -0.1) is 0 Å². The molecule has 106 valence electrons. The molecular formula is C15H17ClN2O2. The van der Waals surface area contributed by atoms with Crippen molar-refractivity contribution in [1.82, 2.24) is 4.98 Å². The summed E-state index contributed by atoms with van der Waals surface area (Å²) >= 11 is 6.09. The zero-order valence-electron chi connectivity index (χ0n) is 11.5. The molecular weight excluding hydrogens is 276 g/mol. The van der Waals surface area contributed by atoms with Crippen molar-refractivity contribution >= 4 is 17.3 Å². The van der Waals surface area contributed by atoms with E-state index in [2.05, 4.69) is 10.3 Å². The zero-order chi connectivity index (χ0) is 14.4. The smallest absolute Gasteiger partial charge is 0.165 e. The Morgan fingerprint density at radius 3 is 2.85 bits per heavy atom. The SMILES string of the molecule is CCOc1cccc(CNc2cnccc2Cl)c1OC. The van der Waals surface area contributed by atoms with Crippen LogP contribution in [0.15, 0.2) is 36.7 Å². The number of rotatable bonds is 6. The van der Waals surface area contributed by atoms with E-state index in [0.29, 0.717) is 18.2 Å². The molecule has 0 saturated heterocycles. The lowest BCUT2D eigenvalue weighted by Gasteiger charge is -2.14. The molecule has 0 aliphatic carbocycles. The molecule has 1 aromatic heterocycles. The molecule has 0 spiro atoms. The predicted octanol–water partition coefficient (Wildman–Crippen LogP) is 3.75. The third kappa shape index (κ3) is 3.33. The first-order valence-corrected chi connectivity index (χ1v) is 6.76. The van der Waals surface area contributed by atoms with E-state index in [1.807, 2.05) is 25.1 Å². The molecule has 2 aromatic rings. The van der Waals surface area contributed by atoms with Crippen LogP contribution in [0.3, 0.4) is 0 Å². The Morgan fingerprint density at radius 2 is 2.15 bits per heavy atom. The summed E-state index contributed by atoms with van der Waals surface area (Å²) in [4.78, 5) is 4.04. The van der Waals surface area contributed by atoms with Crippen LogP contribution >= 0.6 is 11.6 Å². The molecule has 0 radical (unpaired) electrons. The van der Waals surface area contributed by atoms with Crippen LogP contribution in [-0.4, -0.2) is 18.7 Å². The van der Waals surface area contributed by atoms with Crippen LogP contribution in [-0.2, 0) is 6.54 Å². The van der Waals surface area contributed by atoms with Gasteiger partial charge in [0, 0.05) is 18.3 Å². The van der Waals surface area contributed by atoms with Crippen LogP contribution in [0.1, 0.15) is 12.5 Å². The summed E-state index contributed by atoms with van der Waals surface area (Å²) in [6.07, 6.45) is 3.35. The number of ether oxygens (including phenoxy) is 2. The van der Waals surface area contributed by atoms with Gasteiger partial charge in [0.15, 0.2) is 11.5 Å². The number of para-hydroxylation sites is 1. The van der Waals surface area contributed by atoms with Crippen molar-refractivity contribution in [2.24, 2.45) is 0 Å². The van der Waals surface area contributed by atoms with E-state index in [0.717, 1.165) is 22.7 Å². The lowest BCUT2D eigenvalue weighted by atomic mass is 10.2. The van der Waals surface area contributed by atoms with Gasteiger partial charge in [0.1, 0.15) is 0 Å². The highest BCUT2D eigenvalue weighted by Crippen LogP contribution is 2.32. The van der Waals surface area contributed by atoms with Gasteiger partial charge >= 0.3 is 0 Å². The van der Waals surface area contributed by atoms with Gasteiger partial charge in [-0.1, -0.05) is 23.7 Å². The molecule has 1 aromatic carbocycles. The molecule has 1 N–H and O–H groups in total. The number of aromatic nitrogens is 1. The van der Waals surface area contributed by atoms with Crippen molar-refractivity contribution in [2.45, 2.75) is 13.5 Å². The van der Waals surface area contributed by atoms with Crippen LogP contribution in [0.5, 0.6) is 11.5 Å². The van der Waals surface area contributed by atoms with Gasteiger partial charge in [-0.2, -0.15) is 0 Å². The van der Waals surface area contributed by atoms with Crippen LogP contribution in [0.2, 0.25) is 5.02 Å². The fraction of sp³-hybridized carbons (Fsp3) is 0.267. The van der Waals surface area contributed by atoms with Crippen LogP contribution in [0.25, 0.3) is 0 Å². The maximum atomic E-state index is 6.09. The summed E-state index contributed by atoms with van der Waals surface area (Å²) in [7, 11) is 1.64. The molecule has 0 saturated carbocycles. The monoisotopic (exact) mass is 292 g/mol. The first kappa shape index (κ1) is 14.5. The highest BCUT2D eigenvalue weighted by atomic mass is 35.5. The standard InChI is InChI=1S/C15H17ClN2O2/c1-3-20-14-6-4-5-11(15(14)19-2)9-18-13-10-17-8-7-12(13)16/h4-8,10,18H,3,9H2,1-2H3. The lowest BCUT2D eigenvalue weighted by Crippen LogP contribution is -2.04. The minimum atomic E-state index is 0.579. The summed E-state index contributed by atoms with van der Waals surface area (Å²) < 4.78 is 11.0. The van der Waals surface area contributed by atoms with Crippen LogP contribution in [0, 0.1) is 0 Å². The van der Waals surface area contributed by atoms with Gasteiger partial charge < -0.3 is 14.8 Å². The Morgan fingerprint density at radius 1 is 1.30 bits per heavy atom. The van der Waals surface area contributed by atoms with E-state index in [4.69, 9.17) is 21.1 Å². The van der Waals surface area contributed by atoms with Crippen molar-refractivity contribution in [2.75, 3.05) is 19.0 Å². The number of hydrogen-bond acceptors (Lipinski definition) is 4. The Bertz CT molecular complexity index is 576. The average molecular weight is 293 g/mol. The number of anilines is 1. The van der Waals surface area contributed by atoms with E-state index >= 15 is 0 Å². The number of pyridine rings is 1. The average Bonchev–Trinajstić information content (AvgIpc) is 2.47. The Hall–Kier alpha value is -1.94. The van der Waals surface area contributed by atoms with Gasteiger partial charge in [0.2, 0.25) is 0 Å². The van der Waals surface area contributed by atoms with Crippen molar-refractivity contribution < 1.29 is 9.47 Å². The molecule has 5 heteroatoms. The fourth-order valence-electron chi connectivity index (χ4n) is 1.90. The zero-order valence-corrected chi connectivity index (χ0v) is 12.3. The van der Waals surface area contributed by atoms with E-state index in [1.165, 1.54) is 0 Å². The van der Waals surface area contributed by atoms with Crippen LogP contribution < -0.4 is 14.8 Å². The number of methoxy groups -OCH3 is 1. The molecule has 0 aliphatic heterocycles. The van der Waals surface area contributed by atoms with Crippen molar-refractivity contribution in [3.63, 3.8) is 0 Å². The number of hydrogen-bond donors (Lipinski definition) is 1. The molecule has 1 heterocycles.